The number of aryl methyl sites for hydroxylation is 1. The fraction of sp³-hybridized carbons (Fsp3) is 0.125. The van der Waals surface area contributed by atoms with Crippen LogP contribution in [0.3, 0.4) is 0 Å². The standard InChI is InChI=1S/C16H14N2O5/c1-10-5-3-8-13(14(10)18(21)22)15(19)17-12-7-4-6-11(9-12)16(20)23-2/h3-9H,1-2H3,(H,17,19). The van der Waals surface area contributed by atoms with E-state index in [0.717, 1.165) is 0 Å². The Morgan fingerprint density at radius 2 is 1.87 bits per heavy atom. The minimum atomic E-state index is -0.623. The molecule has 1 N–H and O–H groups in total. The number of amides is 1. The first-order valence-electron chi connectivity index (χ1n) is 6.67. The zero-order valence-electron chi connectivity index (χ0n) is 12.5. The van der Waals surface area contributed by atoms with Crippen molar-refractivity contribution in [3.63, 3.8) is 0 Å². The number of methoxy groups -OCH3 is 1. The Kier molecular flexibility index (Phi) is 4.70. The van der Waals surface area contributed by atoms with Crippen molar-refractivity contribution in [1.29, 1.82) is 0 Å². The summed E-state index contributed by atoms with van der Waals surface area (Å²) in [4.78, 5) is 34.4. The molecule has 118 valence electrons. The third kappa shape index (κ3) is 3.52. The largest absolute Gasteiger partial charge is 0.465 e. The molecule has 0 heterocycles. The van der Waals surface area contributed by atoms with E-state index < -0.39 is 16.8 Å². The number of carbonyl (C=O) groups is 2. The summed E-state index contributed by atoms with van der Waals surface area (Å²) in [5.74, 6) is -1.16. The first-order valence-corrected chi connectivity index (χ1v) is 6.67. The lowest BCUT2D eigenvalue weighted by molar-refractivity contribution is -0.385. The van der Waals surface area contributed by atoms with Crippen LogP contribution >= 0.6 is 0 Å². The molecule has 0 fully saturated rings. The van der Waals surface area contributed by atoms with Crippen LogP contribution in [0.5, 0.6) is 0 Å². The number of hydrogen-bond acceptors (Lipinski definition) is 5. The molecule has 0 aliphatic rings. The fourth-order valence-electron chi connectivity index (χ4n) is 2.12. The lowest BCUT2D eigenvalue weighted by Crippen LogP contribution is -2.15. The quantitative estimate of drug-likeness (QED) is 0.531. The average Bonchev–Trinajstić information content (AvgIpc) is 2.53. The fourth-order valence-corrected chi connectivity index (χ4v) is 2.12. The van der Waals surface area contributed by atoms with E-state index in [4.69, 9.17) is 0 Å². The number of nitro benzene ring substituents is 1. The summed E-state index contributed by atoms with van der Waals surface area (Å²) in [6, 6.07) is 10.6. The van der Waals surface area contributed by atoms with Crippen molar-refractivity contribution in [3.8, 4) is 0 Å². The van der Waals surface area contributed by atoms with Crippen molar-refractivity contribution in [2.24, 2.45) is 0 Å². The first-order chi connectivity index (χ1) is 10.9. The number of nitrogens with zero attached hydrogens (tertiary/aromatic N) is 1. The summed E-state index contributed by atoms with van der Waals surface area (Å²) in [6.07, 6.45) is 0. The predicted molar refractivity (Wildman–Crippen MR) is 83.6 cm³/mol. The van der Waals surface area contributed by atoms with Gasteiger partial charge in [0.25, 0.3) is 11.6 Å². The molecule has 0 bridgehead atoms. The minimum absolute atomic E-state index is 0.0431. The summed E-state index contributed by atoms with van der Waals surface area (Å²) in [5.41, 5.74) is 0.719. The molecule has 2 aromatic rings. The van der Waals surface area contributed by atoms with E-state index in [2.05, 4.69) is 10.1 Å². The Morgan fingerprint density at radius 3 is 2.52 bits per heavy atom. The number of nitrogens with one attached hydrogen (secondary N) is 1. The van der Waals surface area contributed by atoms with Gasteiger partial charge >= 0.3 is 5.97 Å². The Labute approximate surface area is 132 Å². The molecule has 7 nitrogen and oxygen atoms in total. The van der Waals surface area contributed by atoms with Crippen molar-refractivity contribution in [2.75, 3.05) is 12.4 Å². The maximum absolute atomic E-state index is 12.3. The van der Waals surface area contributed by atoms with Crippen LogP contribution in [0, 0.1) is 17.0 Å². The second-order valence-electron chi connectivity index (χ2n) is 4.75. The Balaban J connectivity index is 2.32. The molecule has 0 aliphatic heterocycles. The van der Waals surface area contributed by atoms with E-state index in [9.17, 15) is 19.7 Å². The van der Waals surface area contributed by atoms with Crippen LogP contribution in [0.2, 0.25) is 0 Å². The van der Waals surface area contributed by atoms with Gasteiger partial charge in [-0.3, -0.25) is 14.9 Å². The molecule has 0 saturated carbocycles. The van der Waals surface area contributed by atoms with Gasteiger partial charge in [-0.15, -0.1) is 0 Å². The Bertz CT molecular complexity index is 786. The second-order valence-corrected chi connectivity index (χ2v) is 4.75. The first kappa shape index (κ1) is 16.2. The molecule has 0 aliphatic carbocycles. The van der Waals surface area contributed by atoms with E-state index in [-0.39, 0.29) is 16.8 Å². The summed E-state index contributed by atoms with van der Waals surface area (Å²) in [7, 11) is 1.25. The number of para-hydroxylation sites is 1. The maximum Gasteiger partial charge on any atom is 0.337 e. The molecule has 2 rings (SSSR count). The molecule has 7 heteroatoms. The van der Waals surface area contributed by atoms with Crippen LogP contribution < -0.4 is 5.32 Å². The number of nitro groups is 1. The average molecular weight is 314 g/mol. The highest BCUT2D eigenvalue weighted by Gasteiger charge is 2.22. The molecule has 0 aromatic heterocycles. The van der Waals surface area contributed by atoms with Crippen LogP contribution in [-0.4, -0.2) is 23.9 Å². The Morgan fingerprint density at radius 1 is 1.17 bits per heavy atom. The van der Waals surface area contributed by atoms with Crippen LogP contribution in [0.15, 0.2) is 42.5 Å². The van der Waals surface area contributed by atoms with Crippen LogP contribution in [0.1, 0.15) is 26.3 Å². The predicted octanol–water partition coefficient (Wildman–Crippen LogP) is 2.94. The van der Waals surface area contributed by atoms with E-state index in [1.165, 1.54) is 25.3 Å². The van der Waals surface area contributed by atoms with E-state index in [1.807, 2.05) is 0 Å². The van der Waals surface area contributed by atoms with Crippen molar-refractivity contribution in [1.82, 2.24) is 0 Å². The Hall–Kier alpha value is -3.22. The third-order valence-electron chi connectivity index (χ3n) is 3.21. The van der Waals surface area contributed by atoms with Gasteiger partial charge in [0, 0.05) is 11.3 Å². The van der Waals surface area contributed by atoms with E-state index >= 15 is 0 Å². The molecule has 0 atom stereocenters. The normalized spacial score (nSPS) is 10.0. The highest BCUT2D eigenvalue weighted by Crippen LogP contribution is 2.24. The van der Waals surface area contributed by atoms with Crippen molar-refractivity contribution < 1.29 is 19.2 Å². The van der Waals surface area contributed by atoms with Gasteiger partial charge in [0.15, 0.2) is 0 Å². The summed E-state index contributed by atoms with van der Waals surface area (Å²) < 4.78 is 4.61. The second kappa shape index (κ2) is 6.69. The highest BCUT2D eigenvalue weighted by atomic mass is 16.6. The zero-order valence-corrected chi connectivity index (χ0v) is 12.5. The number of benzene rings is 2. The molecule has 0 unspecified atom stereocenters. The van der Waals surface area contributed by atoms with Gasteiger partial charge in [-0.2, -0.15) is 0 Å². The van der Waals surface area contributed by atoms with E-state index in [1.54, 1.807) is 31.2 Å². The van der Waals surface area contributed by atoms with Crippen molar-refractivity contribution in [2.45, 2.75) is 6.92 Å². The van der Waals surface area contributed by atoms with Crippen molar-refractivity contribution >= 4 is 23.3 Å². The monoisotopic (exact) mass is 314 g/mol. The van der Waals surface area contributed by atoms with Crippen LogP contribution in [-0.2, 0) is 4.74 Å². The molecule has 2 aromatic carbocycles. The number of esters is 1. The van der Waals surface area contributed by atoms with Gasteiger partial charge < -0.3 is 10.1 Å². The number of carbonyl (C=O) groups excluding carboxylic acids is 2. The number of anilines is 1. The highest BCUT2D eigenvalue weighted by molar-refractivity contribution is 6.07. The molecule has 0 spiro atoms. The van der Waals surface area contributed by atoms with Gasteiger partial charge in [0.1, 0.15) is 5.56 Å². The minimum Gasteiger partial charge on any atom is -0.465 e. The number of rotatable bonds is 4. The maximum atomic E-state index is 12.3. The third-order valence-corrected chi connectivity index (χ3v) is 3.21. The molecule has 23 heavy (non-hydrogen) atoms. The number of ether oxygens (including phenoxy) is 1. The summed E-state index contributed by atoms with van der Waals surface area (Å²) in [5, 5.41) is 13.7. The van der Waals surface area contributed by atoms with Gasteiger partial charge in [-0.1, -0.05) is 18.2 Å². The van der Waals surface area contributed by atoms with E-state index in [0.29, 0.717) is 11.3 Å². The van der Waals surface area contributed by atoms with Crippen LogP contribution in [0.25, 0.3) is 0 Å². The SMILES string of the molecule is COC(=O)c1cccc(NC(=O)c2cccc(C)c2[N+](=O)[O-])c1. The van der Waals surface area contributed by atoms with Gasteiger partial charge in [-0.25, -0.2) is 4.79 Å². The molecule has 0 radical (unpaired) electrons. The number of hydrogen-bond donors (Lipinski definition) is 1. The van der Waals surface area contributed by atoms with Gasteiger partial charge in [-0.05, 0) is 31.2 Å². The topological polar surface area (TPSA) is 98.5 Å². The van der Waals surface area contributed by atoms with Gasteiger partial charge in [0.05, 0.1) is 17.6 Å². The summed E-state index contributed by atoms with van der Waals surface area (Å²) >= 11 is 0. The zero-order chi connectivity index (χ0) is 17.0. The van der Waals surface area contributed by atoms with Crippen LogP contribution in [0.4, 0.5) is 11.4 Å². The lowest BCUT2D eigenvalue weighted by Gasteiger charge is -2.08. The van der Waals surface area contributed by atoms with Crippen molar-refractivity contribution in [3.05, 3.63) is 69.3 Å². The summed E-state index contributed by atoms with van der Waals surface area (Å²) in [6.45, 7) is 1.56. The smallest absolute Gasteiger partial charge is 0.337 e. The molecular formula is C16H14N2O5. The molecule has 0 saturated heterocycles. The van der Waals surface area contributed by atoms with Gasteiger partial charge in [0.2, 0.25) is 0 Å². The molecular weight excluding hydrogens is 300 g/mol. The lowest BCUT2D eigenvalue weighted by atomic mass is 10.1. The molecule has 1 amide bonds.